The molecule has 0 bridgehead atoms. The van der Waals surface area contributed by atoms with E-state index in [1.807, 2.05) is 21.9 Å². The summed E-state index contributed by atoms with van der Waals surface area (Å²) in [5.41, 5.74) is 5.54. The Morgan fingerprint density at radius 2 is 1.69 bits per heavy atom. The first-order valence-corrected chi connectivity index (χ1v) is 11.9. The number of carbonyl (C=O) groups excluding carboxylic acids is 2. The molecule has 3 aromatic rings. The Balaban J connectivity index is 1.48. The van der Waals surface area contributed by atoms with E-state index in [4.69, 9.17) is 0 Å². The minimum Gasteiger partial charge on any atom is -0.356 e. The quantitative estimate of drug-likeness (QED) is 0.655. The molecule has 1 saturated carbocycles. The third kappa shape index (κ3) is 2.98. The van der Waals surface area contributed by atoms with Gasteiger partial charge in [-0.3, -0.25) is 9.59 Å². The minimum absolute atomic E-state index is 0.0649. The fourth-order valence-corrected chi connectivity index (χ4v) is 6.08. The Bertz CT molecular complexity index is 1190. The molecule has 2 atom stereocenters. The lowest BCUT2D eigenvalue weighted by molar-refractivity contribution is -0.161. The number of nitrogens with one attached hydrogen (secondary N) is 1. The Labute approximate surface area is 188 Å². The van der Waals surface area contributed by atoms with Crippen LogP contribution in [0.4, 0.5) is 0 Å². The van der Waals surface area contributed by atoms with Crippen molar-refractivity contribution in [3.8, 4) is 0 Å². The number of H-pyrrole nitrogens is 1. The van der Waals surface area contributed by atoms with Crippen LogP contribution in [0.2, 0.25) is 0 Å². The number of para-hydroxylation sites is 1. The van der Waals surface area contributed by atoms with Gasteiger partial charge < -0.3 is 14.8 Å². The van der Waals surface area contributed by atoms with E-state index in [0.29, 0.717) is 6.42 Å². The third-order valence-electron chi connectivity index (χ3n) is 7.70. The third-order valence-corrected chi connectivity index (χ3v) is 7.70. The Morgan fingerprint density at radius 1 is 0.938 bits per heavy atom. The molecule has 2 amide bonds. The number of nitrogens with zero attached hydrogens (tertiary/aromatic N) is 2. The number of benzene rings is 2. The second kappa shape index (κ2) is 7.51. The predicted octanol–water partition coefficient (Wildman–Crippen LogP) is 4.49. The molecule has 0 radical (unpaired) electrons. The number of fused-ring (bicyclic) bond motifs is 4. The fraction of sp³-hybridized carbons (Fsp3) is 0.407. The Morgan fingerprint density at radius 3 is 2.47 bits per heavy atom. The number of hydrogen-bond acceptors (Lipinski definition) is 2. The summed E-state index contributed by atoms with van der Waals surface area (Å²) >= 11 is 0. The minimum atomic E-state index is -0.434. The largest absolute Gasteiger partial charge is 0.356 e. The lowest BCUT2D eigenvalue weighted by Gasteiger charge is -2.49. The molecule has 2 unspecified atom stereocenters. The van der Waals surface area contributed by atoms with Gasteiger partial charge in [-0.15, -0.1) is 0 Å². The zero-order chi connectivity index (χ0) is 21.8. The van der Waals surface area contributed by atoms with Gasteiger partial charge in [0.25, 0.3) is 0 Å². The van der Waals surface area contributed by atoms with Gasteiger partial charge >= 0.3 is 0 Å². The van der Waals surface area contributed by atoms with Crippen LogP contribution < -0.4 is 0 Å². The summed E-state index contributed by atoms with van der Waals surface area (Å²) in [5.74, 6) is 0.194. The van der Waals surface area contributed by atoms with E-state index in [0.717, 1.165) is 47.8 Å². The molecule has 2 aromatic carbocycles. The topological polar surface area (TPSA) is 56.4 Å². The zero-order valence-electron chi connectivity index (χ0n) is 18.5. The highest BCUT2D eigenvalue weighted by molar-refractivity contribution is 5.97. The molecule has 164 valence electrons. The summed E-state index contributed by atoms with van der Waals surface area (Å²) < 4.78 is 0. The number of piperazine rings is 1. The maximum atomic E-state index is 13.8. The van der Waals surface area contributed by atoms with E-state index >= 15 is 0 Å². The molecule has 32 heavy (non-hydrogen) atoms. The van der Waals surface area contributed by atoms with E-state index in [2.05, 4.69) is 48.3 Å². The lowest BCUT2D eigenvalue weighted by atomic mass is 9.85. The second-order valence-corrected chi connectivity index (χ2v) is 9.65. The summed E-state index contributed by atoms with van der Waals surface area (Å²) in [6, 6.07) is 16.2. The molecule has 5 nitrogen and oxygen atoms in total. The maximum absolute atomic E-state index is 13.8. The van der Waals surface area contributed by atoms with Crippen LogP contribution in [0.25, 0.3) is 10.9 Å². The van der Waals surface area contributed by atoms with Crippen LogP contribution in [0, 0.1) is 6.92 Å². The monoisotopic (exact) mass is 427 g/mol. The van der Waals surface area contributed by atoms with Gasteiger partial charge in [-0.05, 0) is 37.0 Å². The Hall–Kier alpha value is -3.08. The van der Waals surface area contributed by atoms with Crippen molar-refractivity contribution in [2.45, 2.75) is 63.6 Å². The van der Waals surface area contributed by atoms with Crippen molar-refractivity contribution in [1.82, 2.24) is 14.8 Å². The number of aromatic amines is 1. The summed E-state index contributed by atoms with van der Waals surface area (Å²) in [7, 11) is 0. The van der Waals surface area contributed by atoms with Crippen molar-refractivity contribution in [2.75, 3.05) is 6.54 Å². The average Bonchev–Trinajstić information content (AvgIpc) is 3.20. The van der Waals surface area contributed by atoms with Gasteiger partial charge in [-0.25, -0.2) is 0 Å². The first-order chi connectivity index (χ1) is 15.6. The van der Waals surface area contributed by atoms with Crippen molar-refractivity contribution in [3.63, 3.8) is 0 Å². The SMILES string of the molecule is Cc1ccc(C2c3[nH]c4ccccc4c3CC3C(=O)N(C4CCCCC4)CC(=O)N32)cc1. The standard InChI is InChI=1S/C27H29N3O2/c1-17-11-13-18(14-12-17)26-25-21(20-9-5-6-10-22(20)28-25)15-23-27(32)29(16-24(31)30(23)26)19-7-3-2-4-8-19/h5-6,9-14,19,23,26,28H,2-4,7-8,15-16H2,1H3. The summed E-state index contributed by atoms with van der Waals surface area (Å²) in [5, 5.41) is 1.16. The van der Waals surface area contributed by atoms with Crippen molar-refractivity contribution in [1.29, 1.82) is 0 Å². The van der Waals surface area contributed by atoms with Crippen LogP contribution in [-0.2, 0) is 16.0 Å². The second-order valence-electron chi connectivity index (χ2n) is 9.65. The van der Waals surface area contributed by atoms with E-state index in [9.17, 15) is 9.59 Å². The Kier molecular flexibility index (Phi) is 4.60. The molecule has 1 aliphatic carbocycles. The van der Waals surface area contributed by atoms with Gasteiger partial charge in [0.05, 0.1) is 6.04 Å². The van der Waals surface area contributed by atoms with Crippen molar-refractivity contribution >= 4 is 22.7 Å². The number of hydrogen-bond donors (Lipinski definition) is 1. The normalized spacial score (nSPS) is 24.0. The van der Waals surface area contributed by atoms with Crippen molar-refractivity contribution in [3.05, 3.63) is 70.9 Å². The molecular formula is C27H29N3O2. The van der Waals surface area contributed by atoms with Crippen molar-refractivity contribution < 1.29 is 9.59 Å². The lowest BCUT2D eigenvalue weighted by Crippen LogP contribution is -2.65. The first-order valence-electron chi connectivity index (χ1n) is 11.9. The van der Waals surface area contributed by atoms with E-state index in [1.54, 1.807) is 0 Å². The number of aromatic nitrogens is 1. The highest BCUT2D eigenvalue weighted by Gasteiger charge is 2.49. The predicted molar refractivity (Wildman–Crippen MR) is 124 cm³/mol. The van der Waals surface area contributed by atoms with Crippen LogP contribution in [0.3, 0.4) is 0 Å². The van der Waals surface area contributed by atoms with Gasteiger partial charge in [0, 0.05) is 29.1 Å². The van der Waals surface area contributed by atoms with Gasteiger partial charge in [0.2, 0.25) is 11.8 Å². The van der Waals surface area contributed by atoms with E-state index in [-0.39, 0.29) is 30.4 Å². The molecule has 0 spiro atoms. The molecule has 1 saturated heterocycles. The molecular weight excluding hydrogens is 398 g/mol. The maximum Gasteiger partial charge on any atom is 0.246 e. The van der Waals surface area contributed by atoms with Crippen LogP contribution >= 0.6 is 0 Å². The number of amides is 2. The average molecular weight is 428 g/mol. The van der Waals surface area contributed by atoms with Crippen LogP contribution in [-0.4, -0.2) is 45.2 Å². The summed E-state index contributed by atoms with van der Waals surface area (Å²) in [4.78, 5) is 34.8. The molecule has 6 rings (SSSR count). The molecule has 3 aliphatic rings. The molecule has 3 heterocycles. The smallest absolute Gasteiger partial charge is 0.246 e. The first kappa shape index (κ1) is 19.6. The molecule has 1 aromatic heterocycles. The summed E-state index contributed by atoms with van der Waals surface area (Å²) in [6.45, 7) is 2.28. The highest BCUT2D eigenvalue weighted by atomic mass is 16.2. The van der Waals surface area contributed by atoms with Gasteiger partial charge in [0.1, 0.15) is 12.6 Å². The highest BCUT2D eigenvalue weighted by Crippen LogP contribution is 2.43. The van der Waals surface area contributed by atoms with Gasteiger partial charge in [-0.1, -0.05) is 67.3 Å². The van der Waals surface area contributed by atoms with Crippen LogP contribution in [0.1, 0.15) is 60.5 Å². The molecule has 5 heteroatoms. The van der Waals surface area contributed by atoms with Gasteiger partial charge in [0.15, 0.2) is 0 Å². The summed E-state index contributed by atoms with van der Waals surface area (Å²) in [6.07, 6.45) is 6.15. The number of rotatable bonds is 2. The van der Waals surface area contributed by atoms with Gasteiger partial charge in [-0.2, -0.15) is 0 Å². The number of carbonyl (C=O) groups is 2. The van der Waals surface area contributed by atoms with E-state index in [1.165, 1.54) is 17.5 Å². The molecule has 2 fully saturated rings. The molecule has 1 N–H and O–H groups in total. The van der Waals surface area contributed by atoms with E-state index < -0.39 is 6.04 Å². The number of aryl methyl sites for hydroxylation is 1. The fourth-order valence-electron chi connectivity index (χ4n) is 6.08. The molecule has 2 aliphatic heterocycles. The van der Waals surface area contributed by atoms with Crippen molar-refractivity contribution in [2.24, 2.45) is 0 Å². The van der Waals surface area contributed by atoms with Crippen LogP contribution in [0.15, 0.2) is 48.5 Å². The zero-order valence-corrected chi connectivity index (χ0v) is 18.5. The van der Waals surface area contributed by atoms with Crippen LogP contribution in [0.5, 0.6) is 0 Å².